The summed E-state index contributed by atoms with van der Waals surface area (Å²) >= 11 is 6.74. The van der Waals surface area contributed by atoms with Crippen molar-refractivity contribution in [1.29, 1.82) is 0 Å². The number of benzene rings is 2. The lowest BCUT2D eigenvalue weighted by Crippen LogP contribution is -2.05. The highest BCUT2D eigenvalue weighted by atomic mass is 79.9. The van der Waals surface area contributed by atoms with E-state index in [4.69, 9.17) is 4.74 Å². The van der Waals surface area contributed by atoms with Crippen molar-refractivity contribution >= 4 is 49.8 Å². The molecule has 1 heterocycles. The fourth-order valence-electron chi connectivity index (χ4n) is 1.84. The van der Waals surface area contributed by atoms with Gasteiger partial charge in [0.15, 0.2) is 5.70 Å². The third-order valence-electron chi connectivity index (χ3n) is 2.89. The lowest BCUT2D eigenvalue weighted by molar-refractivity contribution is -0.129. The molecule has 0 amide bonds. The molecular weight excluding hydrogens is 398 g/mol. The molecule has 104 valence electrons. The normalized spacial score (nSPS) is 16.0. The SMILES string of the molecule is O=C1OC(c2ccc(Br)cc2)=N/C1=C/c1ccc(Br)cc1. The Morgan fingerprint density at radius 3 is 2.10 bits per heavy atom. The summed E-state index contributed by atoms with van der Waals surface area (Å²) in [6.45, 7) is 0. The van der Waals surface area contributed by atoms with E-state index in [-0.39, 0.29) is 0 Å². The average Bonchev–Trinajstić information content (AvgIpc) is 2.83. The minimum absolute atomic E-state index is 0.301. The van der Waals surface area contributed by atoms with Crippen LogP contribution in [-0.2, 0) is 9.53 Å². The van der Waals surface area contributed by atoms with E-state index in [2.05, 4.69) is 36.9 Å². The fraction of sp³-hybridized carbons (Fsp3) is 0. The zero-order valence-electron chi connectivity index (χ0n) is 10.7. The van der Waals surface area contributed by atoms with E-state index < -0.39 is 5.97 Å². The number of carbonyl (C=O) groups excluding carboxylic acids is 1. The number of aliphatic imine (C=N–C) groups is 1. The number of esters is 1. The average molecular weight is 407 g/mol. The highest BCUT2D eigenvalue weighted by molar-refractivity contribution is 9.10. The maximum absolute atomic E-state index is 11.9. The number of hydrogen-bond acceptors (Lipinski definition) is 3. The van der Waals surface area contributed by atoms with E-state index in [0.717, 1.165) is 20.1 Å². The minimum Gasteiger partial charge on any atom is -0.402 e. The number of halogens is 2. The van der Waals surface area contributed by atoms with E-state index >= 15 is 0 Å². The lowest BCUT2D eigenvalue weighted by atomic mass is 10.2. The van der Waals surface area contributed by atoms with Gasteiger partial charge in [-0.3, -0.25) is 0 Å². The first kappa shape index (κ1) is 14.2. The van der Waals surface area contributed by atoms with Crippen LogP contribution in [0.2, 0.25) is 0 Å². The summed E-state index contributed by atoms with van der Waals surface area (Å²) in [7, 11) is 0. The first-order valence-electron chi connectivity index (χ1n) is 6.16. The van der Waals surface area contributed by atoms with Crippen molar-refractivity contribution in [3.8, 4) is 0 Å². The van der Waals surface area contributed by atoms with Gasteiger partial charge < -0.3 is 4.74 Å². The monoisotopic (exact) mass is 405 g/mol. The third kappa shape index (κ3) is 3.31. The van der Waals surface area contributed by atoms with Gasteiger partial charge in [0, 0.05) is 14.5 Å². The Balaban J connectivity index is 1.91. The molecule has 0 spiro atoms. The quantitative estimate of drug-likeness (QED) is 0.541. The summed E-state index contributed by atoms with van der Waals surface area (Å²) in [4.78, 5) is 16.1. The number of nitrogens with zero attached hydrogens (tertiary/aromatic N) is 1. The van der Waals surface area contributed by atoms with Crippen LogP contribution in [0.15, 0.2) is 68.2 Å². The number of hydrogen-bond donors (Lipinski definition) is 0. The Bertz CT molecular complexity index is 747. The molecule has 3 nitrogen and oxygen atoms in total. The molecule has 0 bridgehead atoms. The number of ether oxygens (including phenoxy) is 1. The largest absolute Gasteiger partial charge is 0.402 e. The van der Waals surface area contributed by atoms with Crippen LogP contribution >= 0.6 is 31.9 Å². The van der Waals surface area contributed by atoms with Gasteiger partial charge in [-0.05, 0) is 48.0 Å². The summed E-state index contributed by atoms with van der Waals surface area (Å²) < 4.78 is 7.16. The number of carbonyl (C=O) groups is 1. The van der Waals surface area contributed by atoms with Crippen LogP contribution in [0.3, 0.4) is 0 Å². The first-order chi connectivity index (χ1) is 10.1. The van der Waals surface area contributed by atoms with Crippen molar-refractivity contribution in [2.24, 2.45) is 4.99 Å². The van der Waals surface area contributed by atoms with Crippen LogP contribution in [0.1, 0.15) is 11.1 Å². The van der Waals surface area contributed by atoms with E-state index in [1.54, 1.807) is 6.08 Å². The summed E-state index contributed by atoms with van der Waals surface area (Å²) in [6, 6.07) is 15.1. The van der Waals surface area contributed by atoms with E-state index in [9.17, 15) is 4.79 Å². The minimum atomic E-state index is -0.434. The topological polar surface area (TPSA) is 38.7 Å². The van der Waals surface area contributed by atoms with Gasteiger partial charge in [0.1, 0.15) is 0 Å². The molecular formula is C16H9Br2NO2. The fourth-order valence-corrected chi connectivity index (χ4v) is 2.37. The molecule has 0 aromatic heterocycles. The zero-order chi connectivity index (χ0) is 14.8. The van der Waals surface area contributed by atoms with Gasteiger partial charge in [-0.25, -0.2) is 9.79 Å². The first-order valence-corrected chi connectivity index (χ1v) is 7.74. The molecule has 2 aromatic carbocycles. The zero-order valence-corrected chi connectivity index (χ0v) is 13.9. The van der Waals surface area contributed by atoms with Gasteiger partial charge in [-0.15, -0.1) is 0 Å². The maximum atomic E-state index is 11.9. The number of rotatable bonds is 2. The highest BCUT2D eigenvalue weighted by Gasteiger charge is 2.23. The van der Waals surface area contributed by atoms with Crippen molar-refractivity contribution < 1.29 is 9.53 Å². The van der Waals surface area contributed by atoms with Crippen LogP contribution < -0.4 is 0 Å². The molecule has 3 rings (SSSR count). The van der Waals surface area contributed by atoms with Crippen LogP contribution in [0.5, 0.6) is 0 Å². The van der Waals surface area contributed by atoms with Crippen molar-refractivity contribution in [2.45, 2.75) is 0 Å². The Hall–Kier alpha value is -1.72. The predicted octanol–water partition coefficient (Wildman–Crippen LogP) is 4.56. The molecule has 0 atom stereocenters. The van der Waals surface area contributed by atoms with Gasteiger partial charge in [-0.1, -0.05) is 44.0 Å². The molecule has 0 aliphatic carbocycles. The second kappa shape index (κ2) is 5.95. The third-order valence-corrected chi connectivity index (χ3v) is 3.94. The Morgan fingerprint density at radius 1 is 0.905 bits per heavy atom. The predicted molar refractivity (Wildman–Crippen MR) is 88.9 cm³/mol. The molecule has 21 heavy (non-hydrogen) atoms. The molecule has 0 N–H and O–H groups in total. The smallest absolute Gasteiger partial charge is 0.363 e. The van der Waals surface area contributed by atoms with Gasteiger partial charge in [-0.2, -0.15) is 0 Å². The summed E-state index contributed by atoms with van der Waals surface area (Å²) in [5, 5.41) is 0. The van der Waals surface area contributed by atoms with Crippen LogP contribution in [0, 0.1) is 0 Å². The molecule has 0 saturated heterocycles. The molecule has 5 heteroatoms. The Kier molecular flexibility index (Phi) is 4.03. The molecule has 2 aromatic rings. The van der Waals surface area contributed by atoms with E-state index in [0.29, 0.717) is 11.6 Å². The van der Waals surface area contributed by atoms with Crippen molar-refractivity contribution in [3.63, 3.8) is 0 Å². The molecule has 1 aliphatic rings. The molecule has 1 aliphatic heterocycles. The van der Waals surface area contributed by atoms with Gasteiger partial charge in [0.05, 0.1) is 0 Å². The van der Waals surface area contributed by atoms with Crippen LogP contribution in [-0.4, -0.2) is 11.9 Å². The van der Waals surface area contributed by atoms with Gasteiger partial charge >= 0.3 is 5.97 Å². The van der Waals surface area contributed by atoms with Crippen molar-refractivity contribution in [1.82, 2.24) is 0 Å². The van der Waals surface area contributed by atoms with Crippen molar-refractivity contribution in [3.05, 3.63) is 74.3 Å². The van der Waals surface area contributed by atoms with Gasteiger partial charge in [0.25, 0.3) is 0 Å². The van der Waals surface area contributed by atoms with Crippen molar-refractivity contribution in [2.75, 3.05) is 0 Å². The standard InChI is InChI=1S/C16H9Br2NO2/c17-12-5-1-10(2-6-12)9-14-16(20)21-15(19-14)11-3-7-13(18)8-4-11/h1-9H/b14-9+. The van der Waals surface area contributed by atoms with Crippen LogP contribution in [0.4, 0.5) is 0 Å². The maximum Gasteiger partial charge on any atom is 0.363 e. The molecule has 0 radical (unpaired) electrons. The molecule has 0 unspecified atom stereocenters. The second-order valence-electron chi connectivity index (χ2n) is 4.39. The summed E-state index contributed by atoms with van der Waals surface area (Å²) in [5.74, 6) is -0.105. The van der Waals surface area contributed by atoms with Gasteiger partial charge in [0.2, 0.25) is 5.90 Å². The summed E-state index contributed by atoms with van der Waals surface area (Å²) in [6.07, 6.45) is 1.71. The molecule has 0 fully saturated rings. The lowest BCUT2D eigenvalue weighted by Gasteiger charge is -1.98. The highest BCUT2D eigenvalue weighted by Crippen LogP contribution is 2.21. The Morgan fingerprint density at radius 2 is 1.48 bits per heavy atom. The van der Waals surface area contributed by atoms with E-state index in [1.165, 1.54) is 0 Å². The molecule has 0 saturated carbocycles. The number of cyclic esters (lactones) is 1. The summed E-state index contributed by atoms with van der Waals surface area (Å²) in [5.41, 5.74) is 1.96. The Labute approximate surface area is 138 Å². The second-order valence-corrected chi connectivity index (χ2v) is 6.23. The van der Waals surface area contributed by atoms with Crippen LogP contribution in [0.25, 0.3) is 6.08 Å². The van der Waals surface area contributed by atoms with E-state index in [1.807, 2.05) is 48.5 Å².